The first-order valence-corrected chi connectivity index (χ1v) is 13.1. The van der Waals surface area contributed by atoms with E-state index in [1.54, 1.807) is 12.1 Å². The van der Waals surface area contributed by atoms with Crippen LogP contribution in [0.4, 0.5) is 5.69 Å². The van der Waals surface area contributed by atoms with Crippen molar-refractivity contribution in [1.82, 2.24) is 14.1 Å². The molecule has 7 nitrogen and oxygen atoms in total. The number of hydrogen-bond donors (Lipinski definition) is 1. The SMILES string of the molecule is CCc1ccc(-n2c(=O)c3sc(SC)nc3n(CC(=O)Nc3ccc(C(C)C)cc3)c2=O)cc1. The maximum Gasteiger partial charge on any atom is 0.337 e. The van der Waals surface area contributed by atoms with E-state index in [0.717, 1.165) is 16.6 Å². The monoisotopic (exact) mass is 494 g/mol. The van der Waals surface area contributed by atoms with Gasteiger partial charge in [-0.15, -0.1) is 11.3 Å². The zero-order valence-electron chi connectivity index (χ0n) is 19.5. The number of rotatable bonds is 7. The molecule has 2 aromatic carbocycles. The standard InChI is InChI=1S/C25H26N4O3S2/c1-5-16-6-12-19(13-7-16)29-23(31)21-22(27-24(33-4)34-21)28(25(29)32)14-20(30)26-18-10-8-17(9-11-18)15(2)3/h6-13,15H,5,14H2,1-4H3,(H,26,30). The fourth-order valence-corrected chi connectivity index (χ4v) is 5.14. The highest BCUT2D eigenvalue weighted by Crippen LogP contribution is 2.25. The number of aryl methyl sites for hydroxylation is 1. The van der Waals surface area contributed by atoms with Crippen LogP contribution in [0.15, 0.2) is 62.5 Å². The van der Waals surface area contributed by atoms with E-state index in [2.05, 4.69) is 24.1 Å². The van der Waals surface area contributed by atoms with E-state index in [1.807, 2.05) is 49.6 Å². The third-order valence-electron chi connectivity index (χ3n) is 5.61. The number of fused-ring (bicyclic) bond motifs is 1. The lowest BCUT2D eigenvalue weighted by molar-refractivity contribution is -0.116. The number of nitrogens with one attached hydrogen (secondary N) is 1. The first-order chi connectivity index (χ1) is 16.3. The topological polar surface area (TPSA) is 86.0 Å². The summed E-state index contributed by atoms with van der Waals surface area (Å²) in [5.74, 6) is 0.0188. The van der Waals surface area contributed by atoms with Crippen LogP contribution < -0.4 is 16.6 Å². The van der Waals surface area contributed by atoms with Crippen molar-refractivity contribution >= 4 is 45.0 Å². The van der Waals surface area contributed by atoms with Crippen molar-refractivity contribution < 1.29 is 4.79 Å². The molecular weight excluding hydrogens is 468 g/mol. The number of amides is 1. The second-order valence-corrected chi connectivity index (χ2v) is 10.2. The summed E-state index contributed by atoms with van der Waals surface area (Å²) in [4.78, 5) is 44.1. The van der Waals surface area contributed by atoms with Gasteiger partial charge >= 0.3 is 5.69 Å². The van der Waals surface area contributed by atoms with Crippen molar-refractivity contribution in [3.8, 4) is 5.69 Å². The van der Waals surface area contributed by atoms with Gasteiger partial charge in [-0.3, -0.25) is 14.2 Å². The summed E-state index contributed by atoms with van der Waals surface area (Å²) < 4.78 is 3.40. The molecule has 0 aliphatic heterocycles. The smallest absolute Gasteiger partial charge is 0.325 e. The van der Waals surface area contributed by atoms with Gasteiger partial charge in [0.15, 0.2) is 9.99 Å². The molecule has 176 valence electrons. The molecule has 0 saturated carbocycles. The van der Waals surface area contributed by atoms with Crippen molar-refractivity contribution in [2.24, 2.45) is 0 Å². The van der Waals surface area contributed by atoms with E-state index in [0.29, 0.717) is 26.3 Å². The summed E-state index contributed by atoms with van der Waals surface area (Å²) in [6, 6.07) is 14.9. The summed E-state index contributed by atoms with van der Waals surface area (Å²) in [7, 11) is 0. The van der Waals surface area contributed by atoms with Crippen molar-refractivity contribution in [3.63, 3.8) is 0 Å². The van der Waals surface area contributed by atoms with E-state index < -0.39 is 11.2 Å². The molecule has 4 aromatic rings. The number of benzene rings is 2. The van der Waals surface area contributed by atoms with E-state index in [-0.39, 0.29) is 18.1 Å². The fourth-order valence-electron chi connectivity index (χ4n) is 3.65. The molecule has 0 fully saturated rings. The molecule has 4 rings (SSSR count). The van der Waals surface area contributed by atoms with E-state index in [9.17, 15) is 14.4 Å². The van der Waals surface area contributed by atoms with Crippen molar-refractivity contribution in [2.45, 2.75) is 44.0 Å². The van der Waals surface area contributed by atoms with Crippen LogP contribution in [0.2, 0.25) is 0 Å². The van der Waals surface area contributed by atoms with Crippen LogP contribution in [-0.2, 0) is 17.8 Å². The first-order valence-electron chi connectivity index (χ1n) is 11.0. The van der Waals surface area contributed by atoms with Crippen LogP contribution in [0.3, 0.4) is 0 Å². The Bertz CT molecular complexity index is 1450. The minimum Gasteiger partial charge on any atom is -0.325 e. The normalized spacial score (nSPS) is 11.3. The Morgan fingerprint density at radius 1 is 1.09 bits per heavy atom. The van der Waals surface area contributed by atoms with Gasteiger partial charge in [-0.2, -0.15) is 0 Å². The zero-order valence-corrected chi connectivity index (χ0v) is 21.1. The Morgan fingerprint density at radius 3 is 2.35 bits per heavy atom. The third-order valence-corrected chi connectivity index (χ3v) is 7.62. The minimum absolute atomic E-state index is 0.232. The van der Waals surface area contributed by atoms with Crippen LogP contribution in [-0.4, -0.2) is 26.3 Å². The lowest BCUT2D eigenvalue weighted by Crippen LogP contribution is -2.40. The van der Waals surface area contributed by atoms with Gasteiger partial charge in [-0.1, -0.05) is 56.8 Å². The highest BCUT2D eigenvalue weighted by Gasteiger charge is 2.20. The summed E-state index contributed by atoms with van der Waals surface area (Å²) in [5.41, 5.74) is 2.59. The van der Waals surface area contributed by atoms with Gasteiger partial charge < -0.3 is 5.32 Å². The minimum atomic E-state index is -0.593. The number of thiazole rings is 1. The van der Waals surface area contributed by atoms with Gasteiger partial charge in [0.2, 0.25) is 5.91 Å². The predicted octanol–water partition coefficient (Wildman–Crippen LogP) is 4.66. The number of hydrogen-bond acceptors (Lipinski definition) is 6. The molecule has 1 amide bonds. The highest BCUT2D eigenvalue weighted by atomic mass is 32.2. The molecule has 1 N–H and O–H groups in total. The molecule has 0 unspecified atom stereocenters. The molecule has 34 heavy (non-hydrogen) atoms. The summed E-state index contributed by atoms with van der Waals surface area (Å²) in [5, 5.41) is 2.84. The fraction of sp³-hybridized carbons (Fsp3) is 0.280. The summed E-state index contributed by atoms with van der Waals surface area (Å²) in [6.45, 7) is 5.99. The Balaban J connectivity index is 1.76. The van der Waals surface area contributed by atoms with Crippen LogP contribution in [0.1, 0.15) is 37.8 Å². The second-order valence-electron chi connectivity index (χ2n) is 8.19. The maximum atomic E-state index is 13.5. The average Bonchev–Trinajstić information content (AvgIpc) is 3.27. The molecule has 0 aliphatic carbocycles. The van der Waals surface area contributed by atoms with Gasteiger partial charge in [0.05, 0.1) is 5.69 Å². The van der Waals surface area contributed by atoms with Crippen molar-refractivity contribution in [1.29, 1.82) is 0 Å². The van der Waals surface area contributed by atoms with E-state index in [4.69, 9.17) is 0 Å². The number of anilines is 1. The van der Waals surface area contributed by atoms with Gasteiger partial charge in [0.1, 0.15) is 11.2 Å². The summed E-state index contributed by atoms with van der Waals surface area (Å²) >= 11 is 2.62. The van der Waals surface area contributed by atoms with Crippen LogP contribution in [0, 0.1) is 0 Å². The third kappa shape index (κ3) is 4.71. The van der Waals surface area contributed by atoms with Gasteiger partial charge in [0, 0.05) is 5.69 Å². The Labute approximate surface area is 205 Å². The molecule has 0 saturated heterocycles. The maximum absolute atomic E-state index is 13.5. The van der Waals surface area contributed by atoms with Gasteiger partial charge in [0.25, 0.3) is 5.56 Å². The van der Waals surface area contributed by atoms with Crippen molar-refractivity contribution in [3.05, 3.63) is 80.5 Å². The first kappa shape index (κ1) is 24.0. The Hall–Kier alpha value is -3.17. The predicted molar refractivity (Wildman–Crippen MR) is 140 cm³/mol. The molecule has 0 radical (unpaired) electrons. The molecule has 0 spiro atoms. The van der Waals surface area contributed by atoms with E-state index in [1.165, 1.54) is 33.2 Å². The lowest BCUT2D eigenvalue weighted by Gasteiger charge is -2.12. The molecule has 9 heteroatoms. The quantitative estimate of drug-likeness (QED) is 0.378. The number of carbonyl (C=O) groups excluding carboxylic acids is 1. The number of carbonyl (C=O) groups is 1. The average molecular weight is 495 g/mol. The van der Waals surface area contributed by atoms with Crippen LogP contribution >= 0.6 is 23.1 Å². The van der Waals surface area contributed by atoms with Crippen LogP contribution in [0.5, 0.6) is 0 Å². The van der Waals surface area contributed by atoms with Crippen LogP contribution in [0.25, 0.3) is 16.0 Å². The zero-order chi connectivity index (χ0) is 24.4. The Morgan fingerprint density at radius 2 is 1.76 bits per heavy atom. The number of thioether (sulfide) groups is 1. The molecule has 0 aliphatic rings. The molecular formula is C25H26N4O3S2. The highest BCUT2D eigenvalue weighted by molar-refractivity contribution is 8.00. The van der Waals surface area contributed by atoms with E-state index >= 15 is 0 Å². The second kappa shape index (κ2) is 9.99. The van der Waals surface area contributed by atoms with Gasteiger partial charge in [-0.25, -0.2) is 14.3 Å². The largest absolute Gasteiger partial charge is 0.337 e. The Kier molecular flexibility index (Phi) is 7.04. The summed E-state index contributed by atoms with van der Waals surface area (Å²) in [6.07, 6.45) is 2.71. The number of nitrogens with zero attached hydrogens (tertiary/aromatic N) is 3. The van der Waals surface area contributed by atoms with Gasteiger partial charge in [-0.05, 0) is 54.0 Å². The lowest BCUT2D eigenvalue weighted by atomic mass is 10.0. The molecule has 0 atom stereocenters. The van der Waals surface area contributed by atoms with Crippen molar-refractivity contribution in [2.75, 3.05) is 11.6 Å². The molecule has 2 heterocycles. The number of aromatic nitrogens is 3. The molecule has 0 bridgehead atoms. The molecule has 2 aromatic heterocycles.